The minimum absolute atomic E-state index is 0.214. The van der Waals surface area contributed by atoms with Gasteiger partial charge in [0.2, 0.25) is 0 Å². The van der Waals surface area contributed by atoms with Crippen LogP contribution >= 0.6 is 11.6 Å². The molecule has 2 aromatic rings. The van der Waals surface area contributed by atoms with Gasteiger partial charge in [-0.15, -0.1) is 13.2 Å². The van der Waals surface area contributed by atoms with Gasteiger partial charge >= 0.3 is 6.36 Å². The molecule has 3 rings (SSSR count). The number of rotatable bonds is 6. The van der Waals surface area contributed by atoms with E-state index in [1.54, 1.807) is 12.1 Å². The van der Waals surface area contributed by atoms with Crippen molar-refractivity contribution in [3.63, 3.8) is 0 Å². The zero-order valence-corrected chi connectivity index (χ0v) is 14.1. The van der Waals surface area contributed by atoms with Crippen molar-refractivity contribution >= 4 is 17.3 Å². The first-order chi connectivity index (χ1) is 11.9. The van der Waals surface area contributed by atoms with Gasteiger partial charge in [0, 0.05) is 42.8 Å². The molecule has 0 aromatic heterocycles. The van der Waals surface area contributed by atoms with Crippen LogP contribution in [0.4, 0.5) is 18.9 Å². The van der Waals surface area contributed by atoms with Gasteiger partial charge in [-0.1, -0.05) is 29.8 Å². The Kier molecular flexibility index (Phi) is 5.39. The van der Waals surface area contributed by atoms with Crippen molar-refractivity contribution < 1.29 is 17.9 Å². The van der Waals surface area contributed by atoms with E-state index in [0.29, 0.717) is 17.5 Å². The number of nitrogens with one attached hydrogen (secondary N) is 1. The van der Waals surface area contributed by atoms with Crippen LogP contribution in [-0.4, -0.2) is 26.0 Å². The van der Waals surface area contributed by atoms with Gasteiger partial charge in [0.1, 0.15) is 5.75 Å². The number of hydrogen-bond donors (Lipinski definition) is 1. The number of benzene rings is 2. The van der Waals surface area contributed by atoms with Gasteiger partial charge in [-0.3, -0.25) is 0 Å². The Balaban J connectivity index is 1.73. The normalized spacial score (nSPS) is 14.9. The second kappa shape index (κ2) is 7.54. The standard InChI is InChI=1S/C18H18ClF3N2O/c19-15-2-1-3-16(8-15)24(12-14-9-23-10-14)11-13-4-6-17(7-5-13)25-18(20,21)22/h1-8,14,23H,9-12H2. The molecule has 0 saturated carbocycles. The van der Waals surface area contributed by atoms with Crippen molar-refractivity contribution in [3.8, 4) is 5.75 Å². The van der Waals surface area contributed by atoms with Crippen molar-refractivity contribution in [3.05, 3.63) is 59.1 Å². The molecule has 1 fully saturated rings. The topological polar surface area (TPSA) is 24.5 Å². The highest BCUT2D eigenvalue weighted by atomic mass is 35.5. The minimum Gasteiger partial charge on any atom is -0.406 e. The lowest BCUT2D eigenvalue weighted by atomic mass is 10.0. The third-order valence-corrected chi connectivity index (χ3v) is 4.28. The molecule has 1 aliphatic heterocycles. The van der Waals surface area contributed by atoms with Crippen molar-refractivity contribution in [1.29, 1.82) is 0 Å². The molecule has 1 saturated heterocycles. The van der Waals surface area contributed by atoms with E-state index in [-0.39, 0.29) is 5.75 Å². The van der Waals surface area contributed by atoms with Crippen LogP contribution in [0.15, 0.2) is 48.5 Å². The molecule has 134 valence electrons. The van der Waals surface area contributed by atoms with E-state index < -0.39 is 6.36 Å². The van der Waals surface area contributed by atoms with Crippen LogP contribution in [0.3, 0.4) is 0 Å². The van der Waals surface area contributed by atoms with Gasteiger partial charge in [-0.25, -0.2) is 0 Å². The Bertz CT molecular complexity index is 702. The molecule has 25 heavy (non-hydrogen) atoms. The van der Waals surface area contributed by atoms with Crippen LogP contribution in [0.5, 0.6) is 5.75 Å². The predicted molar refractivity (Wildman–Crippen MR) is 92.0 cm³/mol. The molecule has 2 aromatic carbocycles. The number of hydrogen-bond acceptors (Lipinski definition) is 3. The Labute approximate surface area is 149 Å². The third-order valence-electron chi connectivity index (χ3n) is 4.05. The maximum Gasteiger partial charge on any atom is 0.573 e. The fraction of sp³-hybridized carbons (Fsp3) is 0.333. The molecule has 3 nitrogen and oxygen atoms in total. The molecule has 1 heterocycles. The van der Waals surface area contributed by atoms with Gasteiger partial charge < -0.3 is 15.0 Å². The van der Waals surface area contributed by atoms with E-state index in [1.165, 1.54) is 12.1 Å². The maximum absolute atomic E-state index is 12.3. The highest BCUT2D eigenvalue weighted by Crippen LogP contribution is 2.26. The maximum atomic E-state index is 12.3. The lowest BCUT2D eigenvalue weighted by Crippen LogP contribution is -2.48. The molecule has 0 amide bonds. The molecule has 0 aliphatic carbocycles. The van der Waals surface area contributed by atoms with Gasteiger partial charge in [-0.2, -0.15) is 0 Å². The van der Waals surface area contributed by atoms with Gasteiger partial charge in [-0.05, 0) is 35.9 Å². The Hall–Kier alpha value is -1.92. The fourth-order valence-corrected chi connectivity index (χ4v) is 2.92. The number of nitrogens with zero attached hydrogens (tertiary/aromatic N) is 1. The van der Waals surface area contributed by atoms with E-state index in [9.17, 15) is 13.2 Å². The average Bonchev–Trinajstić information content (AvgIpc) is 2.50. The predicted octanol–water partition coefficient (Wildman–Crippen LogP) is 4.46. The molecular formula is C18H18ClF3N2O. The van der Waals surface area contributed by atoms with E-state index >= 15 is 0 Å². The minimum atomic E-state index is -4.68. The Morgan fingerprint density at radius 3 is 2.40 bits per heavy atom. The van der Waals surface area contributed by atoms with Crippen LogP contribution in [0, 0.1) is 5.92 Å². The Morgan fingerprint density at radius 1 is 1.12 bits per heavy atom. The molecule has 7 heteroatoms. The first-order valence-corrected chi connectivity index (χ1v) is 8.33. The summed E-state index contributed by atoms with van der Waals surface area (Å²) in [6.07, 6.45) is -4.68. The first-order valence-electron chi connectivity index (χ1n) is 7.95. The molecule has 0 radical (unpaired) electrons. The summed E-state index contributed by atoms with van der Waals surface area (Å²) >= 11 is 6.10. The van der Waals surface area contributed by atoms with Crippen molar-refractivity contribution in [1.82, 2.24) is 5.32 Å². The molecular weight excluding hydrogens is 353 g/mol. The van der Waals surface area contributed by atoms with Crippen LogP contribution in [-0.2, 0) is 6.54 Å². The van der Waals surface area contributed by atoms with Gasteiger partial charge in [0.25, 0.3) is 0 Å². The van der Waals surface area contributed by atoms with Crippen molar-refractivity contribution in [2.24, 2.45) is 5.92 Å². The SMILES string of the molecule is FC(F)(F)Oc1ccc(CN(CC2CNC2)c2cccc(Cl)c2)cc1. The van der Waals surface area contributed by atoms with E-state index in [2.05, 4.69) is 15.0 Å². The quantitative estimate of drug-likeness (QED) is 0.812. The van der Waals surface area contributed by atoms with Crippen molar-refractivity contribution in [2.45, 2.75) is 12.9 Å². The van der Waals surface area contributed by atoms with Crippen LogP contribution in [0.25, 0.3) is 0 Å². The summed E-state index contributed by atoms with van der Waals surface area (Å²) < 4.78 is 40.7. The first kappa shape index (κ1) is 17.9. The fourth-order valence-electron chi connectivity index (χ4n) is 2.74. The zero-order valence-electron chi connectivity index (χ0n) is 13.4. The van der Waals surface area contributed by atoms with Gasteiger partial charge in [0.15, 0.2) is 0 Å². The highest BCUT2D eigenvalue weighted by molar-refractivity contribution is 6.30. The molecule has 1 N–H and O–H groups in total. The largest absolute Gasteiger partial charge is 0.573 e. The second-order valence-electron chi connectivity index (χ2n) is 6.08. The summed E-state index contributed by atoms with van der Waals surface area (Å²) in [6, 6.07) is 13.6. The number of anilines is 1. The van der Waals surface area contributed by atoms with Crippen LogP contribution in [0.1, 0.15) is 5.56 Å². The van der Waals surface area contributed by atoms with E-state index in [4.69, 9.17) is 11.6 Å². The van der Waals surface area contributed by atoms with Crippen molar-refractivity contribution in [2.75, 3.05) is 24.5 Å². The molecule has 1 aliphatic rings. The molecule has 0 unspecified atom stereocenters. The summed E-state index contributed by atoms with van der Waals surface area (Å²) in [7, 11) is 0. The van der Waals surface area contributed by atoms with E-state index in [0.717, 1.165) is 30.9 Å². The summed E-state index contributed by atoms with van der Waals surface area (Å²) in [5.41, 5.74) is 1.90. The summed E-state index contributed by atoms with van der Waals surface area (Å²) in [5, 5.41) is 3.90. The lowest BCUT2D eigenvalue weighted by molar-refractivity contribution is -0.274. The van der Waals surface area contributed by atoms with Crippen LogP contribution in [0.2, 0.25) is 5.02 Å². The third kappa shape index (κ3) is 5.28. The molecule has 0 spiro atoms. The summed E-state index contributed by atoms with van der Waals surface area (Å²) in [4.78, 5) is 2.19. The summed E-state index contributed by atoms with van der Waals surface area (Å²) in [5.74, 6) is 0.334. The summed E-state index contributed by atoms with van der Waals surface area (Å²) in [6.45, 7) is 3.38. The lowest BCUT2D eigenvalue weighted by Gasteiger charge is -2.34. The smallest absolute Gasteiger partial charge is 0.406 e. The molecule has 0 atom stereocenters. The number of ether oxygens (including phenoxy) is 1. The second-order valence-corrected chi connectivity index (χ2v) is 6.51. The monoisotopic (exact) mass is 370 g/mol. The van der Waals surface area contributed by atoms with E-state index in [1.807, 2.05) is 24.3 Å². The Morgan fingerprint density at radius 2 is 1.84 bits per heavy atom. The van der Waals surface area contributed by atoms with Gasteiger partial charge in [0.05, 0.1) is 0 Å². The average molecular weight is 371 g/mol. The highest BCUT2D eigenvalue weighted by Gasteiger charge is 2.31. The number of alkyl halides is 3. The molecule has 0 bridgehead atoms. The van der Waals surface area contributed by atoms with Crippen LogP contribution < -0.4 is 15.0 Å². The zero-order chi connectivity index (χ0) is 17.9. The number of halogens is 4.